The highest BCUT2D eigenvalue weighted by molar-refractivity contribution is 5.82. The number of piperazine rings is 1. The van der Waals surface area contributed by atoms with E-state index in [1.54, 1.807) is 7.11 Å². The highest BCUT2D eigenvalue weighted by Gasteiger charge is 2.33. The Labute approximate surface area is 126 Å². The Morgan fingerprint density at radius 3 is 2.57 bits per heavy atom. The maximum absolute atomic E-state index is 12.4. The van der Waals surface area contributed by atoms with Gasteiger partial charge in [0, 0.05) is 46.4 Å². The molecule has 2 saturated heterocycles. The van der Waals surface area contributed by atoms with Crippen LogP contribution in [0.3, 0.4) is 0 Å². The molecule has 2 fully saturated rings. The smallest absolute Gasteiger partial charge is 0.239 e. The summed E-state index contributed by atoms with van der Waals surface area (Å²) < 4.78 is 5.28. The van der Waals surface area contributed by atoms with E-state index in [4.69, 9.17) is 4.74 Å². The number of nitrogens with one attached hydrogen (secondary N) is 2. The highest BCUT2D eigenvalue weighted by atomic mass is 16.5. The summed E-state index contributed by atoms with van der Waals surface area (Å²) in [6.07, 6.45) is 0.882. The number of hydrogen-bond donors (Lipinski definition) is 2. The second kappa shape index (κ2) is 7.72. The standard InChI is InChI=1S/C14H26N4O3/c1-3-15-13(19)10-17-4-6-18(7-5-17)14(20)12-8-11(21-2)9-16-12/h11-12,16H,3-10H2,1-2H3,(H,15,19). The molecule has 2 unspecified atom stereocenters. The van der Waals surface area contributed by atoms with Crippen molar-refractivity contribution in [2.24, 2.45) is 0 Å². The van der Waals surface area contributed by atoms with Crippen molar-refractivity contribution < 1.29 is 14.3 Å². The zero-order valence-electron chi connectivity index (χ0n) is 12.9. The number of amides is 2. The fourth-order valence-electron chi connectivity index (χ4n) is 2.87. The molecule has 0 radical (unpaired) electrons. The van der Waals surface area contributed by atoms with E-state index in [2.05, 4.69) is 15.5 Å². The Bertz CT molecular complexity index is 369. The lowest BCUT2D eigenvalue weighted by molar-refractivity contribution is -0.135. The first-order valence-electron chi connectivity index (χ1n) is 7.68. The first-order chi connectivity index (χ1) is 10.1. The minimum absolute atomic E-state index is 0.0534. The first kappa shape index (κ1) is 16.2. The van der Waals surface area contributed by atoms with Crippen LogP contribution in [0.4, 0.5) is 0 Å². The Morgan fingerprint density at radius 2 is 2.00 bits per heavy atom. The predicted octanol–water partition coefficient (Wildman–Crippen LogP) is -1.36. The summed E-state index contributed by atoms with van der Waals surface area (Å²) in [7, 11) is 1.68. The van der Waals surface area contributed by atoms with Crippen molar-refractivity contribution in [3.63, 3.8) is 0 Å². The normalized spacial score (nSPS) is 26.9. The molecule has 120 valence electrons. The van der Waals surface area contributed by atoms with Gasteiger partial charge in [-0.25, -0.2) is 0 Å². The zero-order chi connectivity index (χ0) is 15.2. The number of likely N-dealkylation sites (N-methyl/N-ethyl adjacent to an activating group) is 1. The summed E-state index contributed by atoms with van der Waals surface area (Å²) in [6.45, 7) is 6.61. The van der Waals surface area contributed by atoms with Crippen molar-refractivity contribution >= 4 is 11.8 Å². The van der Waals surface area contributed by atoms with E-state index in [1.165, 1.54) is 0 Å². The Hall–Kier alpha value is -1.18. The quantitative estimate of drug-likeness (QED) is 0.656. The third-order valence-corrected chi connectivity index (χ3v) is 4.15. The molecule has 0 aromatic carbocycles. The number of rotatable bonds is 5. The van der Waals surface area contributed by atoms with Crippen molar-refractivity contribution in [1.82, 2.24) is 20.4 Å². The third kappa shape index (κ3) is 4.39. The van der Waals surface area contributed by atoms with Gasteiger partial charge in [-0.1, -0.05) is 0 Å². The molecule has 0 bridgehead atoms. The van der Waals surface area contributed by atoms with E-state index in [9.17, 15) is 9.59 Å². The van der Waals surface area contributed by atoms with Gasteiger partial charge in [-0.2, -0.15) is 0 Å². The van der Waals surface area contributed by atoms with Gasteiger partial charge in [0.1, 0.15) is 0 Å². The average molecular weight is 298 g/mol. The Morgan fingerprint density at radius 1 is 1.29 bits per heavy atom. The molecule has 7 heteroatoms. The molecule has 0 aliphatic carbocycles. The van der Waals surface area contributed by atoms with Gasteiger partial charge in [0.25, 0.3) is 0 Å². The summed E-state index contributed by atoms with van der Waals surface area (Å²) in [5.41, 5.74) is 0. The maximum Gasteiger partial charge on any atom is 0.239 e. The van der Waals surface area contributed by atoms with Gasteiger partial charge in [0.05, 0.1) is 18.7 Å². The molecule has 0 saturated carbocycles. The van der Waals surface area contributed by atoms with E-state index >= 15 is 0 Å². The molecule has 2 aliphatic heterocycles. The molecule has 2 N–H and O–H groups in total. The van der Waals surface area contributed by atoms with E-state index < -0.39 is 0 Å². The summed E-state index contributed by atoms with van der Waals surface area (Å²) in [5.74, 6) is 0.213. The fraction of sp³-hybridized carbons (Fsp3) is 0.857. The molecule has 0 spiro atoms. The molecule has 2 aliphatic rings. The van der Waals surface area contributed by atoms with Gasteiger partial charge in [0.15, 0.2) is 0 Å². The monoisotopic (exact) mass is 298 g/mol. The van der Waals surface area contributed by atoms with Crippen LogP contribution in [0.15, 0.2) is 0 Å². The molecule has 2 rings (SSSR count). The lowest BCUT2D eigenvalue weighted by Gasteiger charge is -2.35. The van der Waals surface area contributed by atoms with Crippen molar-refractivity contribution in [2.75, 3.05) is 52.9 Å². The topological polar surface area (TPSA) is 73.9 Å². The highest BCUT2D eigenvalue weighted by Crippen LogP contribution is 2.13. The number of carbonyl (C=O) groups is 2. The SMILES string of the molecule is CCNC(=O)CN1CCN(C(=O)C2CC(OC)CN2)CC1. The minimum Gasteiger partial charge on any atom is -0.380 e. The molecule has 0 aromatic heterocycles. The molecule has 2 atom stereocenters. The largest absolute Gasteiger partial charge is 0.380 e. The molecule has 7 nitrogen and oxygen atoms in total. The molecule has 2 heterocycles. The van der Waals surface area contributed by atoms with E-state index in [0.29, 0.717) is 26.2 Å². The number of hydrogen-bond acceptors (Lipinski definition) is 5. The lowest BCUT2D eigenvalue weighted by Crippen LogP contribution is -2.54. The van der Waals surface area contributed by atoms with Crippen LogP contribution >= 0.6 is 0 Å². The zero-order valence-corrected chi connectivity index (χ0v) is 12.9. The number of nitrogens with zero attached hydrogens (tertiary/aromatic N) is 2. The average Bonchev–Trinajstić information content (AvgIpc) is 2.96. The molecule has 21 heavy (non-hydrogen) atoms. The number of methoxy groups -OCH3 is 1. The van der Waals surface area contributed by atoms with E-state index in [-0.39, 0.29) is 24.0 Å². The molecular weight excluding hydrogens is 272 g/mol. The first-order valence-corrected chi connectivity index (χ1v) is 7.68. The van der Waals surface area contributed by atoms with E-state index in [1.807, 2.05) is 11.8 Å². The van der Waals surface area contributed by atoms with Crippen LogP contribution in [0, 0.1) is 0 Å². The fourth-order valence-corrected chi connectivity index (χ4v) is 2.87. The summed E-state index contributed by atoms with van der Waals surface area (Å²) in [6, 6.07) is -0.120. The van der Waals surface area contributed by atoms with Gasteiger partial charge >= 0.3 is 0 Å². The molecule has 2 amide bonds. The van der Waals surface area contributed by atoms with Gasteiger partial charge in [-0.05, 0) is 13.3 Å². The van der Waals surface area contributed by atoms with Crippen LogP contribution in [0.25, 0.3) is 0 Å². The van der Waals surface area contributed by atoms with Crippen LogP contribution < -0.4 is 10.6 Å². The number of carbonyl (C=O) groups excluding carboxylic acids is 2. The maximum atomic E-state index is 12.4. The lowest BCUT2D eigenvalue weighted by atomic mass is 10.1. The third-order valence-electron chi connectivity index (χ3n) is 4.15. The summed E-state index contributed by atoms with van der Waals surface area (Å²) in [5, 5.41) is 6.02. The van der Waals surface area contributed by atoms with Crippen molar-refractivity contribution in [2.45, 2.75) is 25.5 Å². The summed E-state index contributed by atoms with van der Waals surface area (Å²) in [4.78, 5) is 27.9. The van der Waals surface area contributed by atoms with Crippen LogP contribution in [-0.2, 0) is 14.3 Å². The van der Waals surface area contributed by atoms with Gasteiger partial charge in [-0.3, -0.25) is 14.5 Å². The second-order valence-electron chi connectivity index (χ2n) is 5.61. The van der Waals surface area contributed by atoms with E-state index in [0.717, 1.165) is 26.1 Å². The van der Waals surface area contributed by atoms with Crippen molar-refractivity contribution in [3.8, 4) is 0 Å². The van der Waals surface area contributed by atoms with Gasteiger partial charge in [-0.15, -0.1) is 0 Å². The van der Waals surface area contributed by atoms with Crippen LogP contribution in [-0.4, -0.2) is 86.7 Å². The van der Waals surface area contributed by atoms with Gasteiger partial charge < -0.3 is 20.3 Å². The molecular formula is C14H26N4O3. The second-order valence-corrected chi connectivity index (χ2v) is 5.61. The minimum atomic E-state index is -0.120. The van der Waals surface area contributed by atoms with Crippen LogP contribution in [0.1, 0.15) is 13.3 Å². The molecule has 0 aromatic rings. The van der Waals surface area contributed by atoms with Crippen molar-refractivity contribution in [1.29, 1.82) is 0 Å². The Balaban J connectivity index is 1.73. The van der Waals surface area contributed by atoms with Crippen molar-refractivity contribution in [3.05, 3.63) is 0 Å². The number of ether oxygens (including phenoxy) is 1. The van der Waals surface area contributed by atoms with Crippen LogP contribution in [0.2, 0.25) is 0 Å². The summed E-state index contributed by atoms with van der Waals surface area (Å²) >= 11 is 0. The predicted molar refractivity (Wildman–Crippen MR) is 78.9 cm³/mol. The van der Waals surface area contributed by atoms with Crippen LogP contribution in [0.5, 0.6) is 0 Å². The Kier molecular flexibility index (Phi) is 5.96. The van der Waals surface area contributed by atoms with Gasteiger partial charge in [0.2, 0.25) is 11.8 Å².